The van der Waals surface area contributed by atoms with Crippen LogP contribution < -0.4 is 0 Å². The number of fused-ring (bicyclic) bond motifs is 5. The molecule has 4 rings (SSSR count). The highest BCUT2D eigenvalue weighted by Gasteiger charge is 2.64. The third-order valence-electron chi connectivity index (χ3n) is 9.88. The topological polar surface area (TPSA) is 86.5 Å². The number of carbonyl (C=O) groups excluding carboxylic acids is 2. The van der Waals surface area contributed by atoms with Crippen molar-refractivity contribution in [3.8, 4) is 0 Å². The number of hydrogen-bond acceptors (Lipinski definition) is 5. The summed E-state index contributed by atoms with van der Waals surface area (Å²) >= 11 is 0. The van der Waals surface area contributed by atoms with Crippen LogP contribution >= 0.6 is 0 Å². The van der Waals surface area contributed by atoms with Crippen LogP contribution in [0, 0.1) is 50.5 Å². The molecule has 0 aliphatic heterocycles. The molecule has 172 valence electrons. The van der Waals surface area contributed by atoms with Crippen LogP contribution in [-0.4, -0.2) is 28.8 Å². The van der Waals surface area contributed by atoms with Gasteiger partial charge in [0.2, 0.25) is 6.04 Å². The van der Waals surface area contributed by atoms with Gasteiger partial charge in [-0.25, -0.2) is 0 Å². The SMILES string of the molecule is CC(=O)O[C@H]1CC[C@@]2(C)C(=CCC3[C@@H]4C[C@@H](C(C)[N+](=O)[O-])[C@H](C(C)=O)[C@@]4(C)CC[C@@H]32)C1. The second kappa shape index (κ2) is 7.70. The molecule has 0 bridgehead atoms. The molecule has 0 heterocycles. The van der Waals surface area contributed by atoms with E-state index in [-0.39, 0.29) is 45.4 Å². The number of nitro groups is 1. The number of carbonyl (C=O) groups is 2. The monoisotopic (exact) mass is 431 g/mol. The lowest BCUT2D eigenvalue weighted by Crippen LogP contribution is -2.51. The molecule has 4 aliphatic rings. The molecule has 0 aromatic carbocycles. The first kappa shape index (κ1) is 22.5. The van der Waals surface area contributed by atoms with E-state index in [0.29, 0.717) is 17.8 Å². The van der Waals surface area contributed by atoms with E-state index in [1.165, 1.54) is 12.5 Å². The van der Waals surface area contributed by atoms with E-state index >= 15 is 0 Å². The molecule has 0 saturated heterocycles. The normalized spacial score (nSPS) is 44.9. The van der Waals surface area contributed by atoms with Gasteiger partial charge in [0, 0.05) is 37.0 Å². The third-order valence-corrected chi connectivity index (χ3v) is 9.88. The number of ether oxygens (including phenoxy) is 1. The molecule has 9 atom stereocenters. The van der Waals surface area contributed by atoms with Crippen molar-refractivity contribution in [2.24, 2.45) is 40.4 Å². The first-order valence-corrected chi connectivity index (χ1v) is 12.0. The Morgan fingerprint density at radius 3 is 2.52 bits per heavy atom. The van der Waals surface area contributed by atoms with Gasteiger partial charge in [0.25, 0.3) is 0 Å². The van der Waals surface area contributed by atoms with Crippen molar-refractivity contribution in [2.45, 2.75) is 91.7 Å². The molecule has 0 spiro atoms. The zero-order chi connectivity index (χ0) is 22.7. The standard InChI is InChI=1S/C25H37NO5/c1-14(26(29)30)20-13-22-19-7-6-17-12-18(31-16(3)28)8-10-24(17,4)21(19)9-11-25(22,5)23(20)15(2)27/h6,14,18-23H,7-13H2,1-5H3/t14?,18-,19?,20-,21-,22-,23-,24-,25-/m0/s1. The van der Waals surface area contributed by atoms with Gasteiger partial charge in [0.1, 0.15) is 11.9 Å². The van der Waals surface area contributed by atoms with Crippen LogP contribution in [-0.2, 0) is 14.3 Å². The van der Waals surface area contributed by atoms with E-state index in [4.69, 9.17) is 4.74 Å². The molecule has 6 heteroatoms. The zero-order valence-corrected chi connectivity index (χ0v) is 19.6. The second-order valence-electron chi connectivity index (χ2n) is 11.3. The highest BCUT2D eigenvalue weighted by atomic mass is 16.6. The number of Topliss-reactive ketones (excluding diaryl/α,β-unsaturated/α-hetero) is 1. The van der Waals surface area contributed by atoms with Crippen LogP contribution in [0.1, 0.15) is 79.6 Å². The van der Waals surface area contributed by atoms with Crippen LogP contribution in [0.3, 0.4) is 0 Å². The van der Waals surface area contributed by atoms with Crippen LogP contribution in [0.25, 0.3) is 0 Å². The average Bonchev–Trinajstić information content (AvgIpc) is 3.00. The number of ketones is 1. The molecule has 0 amide bonds. The van der Waals surface area contributed by atoms with E-state index in [1.54, 1.807) is 13.8 Å². The molecule has 0 aromatic heterocycles. The summed E-state index contributed by atoms with van der Waals surface area (Å²) in [4.78, 5) is 35.6. The number of esters is 1. The summed E-state index contributed by atoms with van der Waals surface area (Å²) in [6.45, 7) is 9.44. The lowest BCUT2D eigenvalue weighted by atomic mass is 9.47. The van der Waals surface area contributed by atoms with E-state index < -0.39 is 6.04 Å². The molecule has 3 fully saturated rings. The van der Waals surface area contributed by atoms with E-state index in [9.17, 15) is 19.7 Å². The molecular weight excluding hydrogens is 394 g/mol. The molecule has 4 aliphatic carbocycles. The maximum Gasteiger partial charge on any atom is 0.302 e. The molecule has 0 aromatic rings. The Kier molecular flexibility index (Phi) is 5.58. The number of allylic oxidation sites excluding steroid dienone is 1. The Bertz CT molecular complexity index is 821. The zero-order valence-electron chi connectivity index (χ0n) is 19.6. The third kappa shape index (κ3) is 3.45. The van der Waals surface area contributed by atoms with Gasteiger partial charge in [-0.1, -0.05) is 25.5 Å². The Balaban J connectivity index is 1.64. The quantitative estimate of drug-likeness (QED) is 0.271. The molecule has 2 unspecified atom stereocenters. The van der Waals surface area contributed by atoms with Crippen molar-refractivity contribution < 1.29 is 19.2 Å². The van der Waals surface area contributed by atoms with Crippen molar-refractivity contribution in [2.75, 3.05) is 0 Å². The summed E-state index contributed by atoms with van der Waals surface area (Å²) in [5, 5.41) is 11.6. The average molecular weight is 432 g/mol. The fourth-order valence-electron chi connectivity index (χ4n) is 8.46. The summed E-state index contributed by atoms with van der Waals surface area (Å²) in [6, 6.07) is -0.681. The highest BCUT2D eigenvalue weighted by molar-refractivity contribution is 5.80. The minimum atomic E-state index is -0.681. The Morgan fingerprint density at radius 2 is 1.90 bits per heavy atom. The Morgan fingerprint density at radius 1 is 1.19 bits per heavy atom. The van der Waals surface area contributed by atoms with Gasteiger partial charge < -0.3 is 4.74 Å². The van der Waals surface area contributed by atoms with Crippen LogP contribution in [0.4, 0.5) is 0 Å². The summed E-state index contributed by atoms with van der Waals surface area (Å²) in [7, 11) is 0. The fourth-order valence-corrected chi connectivity index (χ4v) is 8.46. The first-order valence-electron chi connectivity index (χ1n) is 12.0. The van der Waals surface area contributed by atoms with Crippen LogP contribution in [0.2, 0.25) is 0 Å². The summed E-state index contributed by atoms with van der Waals surface area (Å²) < 4.78 is 5.53. The van der Waals surface area contributed by atoms with Gasteiger partial charge in [-0.3, -0.25) is 19.7 Å². The maximum atomic E-state index is 12.7. The van der Waals surface area contributed by atoms with Gasteiger partial charge in [-0.2, -0.15) is 0 Å². The van der Waals surface area contributed by atoms with Crippen molar-refractivity contribution in [1.82, 2.24) is 0 Å². The summed E-state index contributed by atoms with van der Waals surface area (Å²) in [5.41, 5.74) is 1.41. The number of rotatable bonds is 4. The van der Waals surface area contributed by atoms with Crippen LogP contribution in [0.15, 0.2) is 11.6 Å². The van der Waals surface area contributed by atoms with Gasteiger partial charge in [-0.05, 0) is 74.0 Å². The van der Waals surface area contributed by atoms with Crippen molar-refractivity contribution >= 4 is 11.8 Å². The van der Waals surface area contributed by atoms with E-state index in [1.807, 2.05) is 0 Å². The summed E-state index contributed by atoms with van der Waals surface area (Å²) in [6.07, 6.45) is 8.94. The predicted octanol–water partition coefficient (Wildman–Crippen LogP) is 4.98. The van der Waals surface area contributed by atoms with Gasteiger partial charge in [-0.15, -0.1) is 0 Å². The molecule has 0 N–H and O–H groups in total. The van der Waals surface area contributed by atoms with Gasteiger partial charge >= 0.3 is 5.97 Å². The van der Waals surface area contributed by atoms with E-state index in [2.05, 4.69) is 19.9 Å². The fraction of sp³-hybridized carbons (Fsp3) is 0.840. The van der Waals surface area contributed by atoms with Gasteiger partial charge in [0.05, 0.1) is 0 Å². The maximum absolute atomic E-state index is 12.7. The smallest absolute Gasteiger partial charge is 0.302 e. The van der Waals surface area contributed by atoms with Crippen molar-refractivity contribution in [3.63, 3.8) is 0 Å². The predicted molar refractivity (Wildman–Crippen MR) is 117 cm³/mol. The molecule has 0 radical (unpaired) electrons. The van der Waals surface area contributed by atoms with Gasteiger partial charge in [0.15, 0.2) is 0 Å². The number of nitrogens with zero attached hydrogens (tertiary/aromatic N) is 1. The minimum Gasteiger partial charge on any atom is -0.462 e. The largest absolute Gasteiger partial charge is 0.462 e. The molecule has 31 heavy (non-hydrogen) atoms. The first-order chi connectivity index (χ1) is 14.5. The molecule has 6 nitrogen and oxygen atoms in total. The molecular formula is C25H37NO5. The number of hydrogen-bond donors (Lipinski definition) is 0. The van der Waals surface area contributed by atoms with E-state index in [0.717, 1.165) is 44.9 Å². The summed E-state index contributed by atoms with van der Waals surface area (Å²) in [5.74, 6) is 0.916. The van der Waals surface area contributed by atoms with Crippen molar-refractivity contribution in [3.05, 3.63) is 21.8 Å². The minimum absolute atomic E-state index is 0.0128. The Hall–Kier alpha value is -1.72. The highest BCUT2D eigenvalue weighted by Crippen LogP contribution is 2.67. The second-order valence-corrected chi connectivity index (χ2v) is 11.3. The lowest BCUT2D eigenvalue weighted by molar-refractivity contribution is -0.528. The van der Waals surface area contributed by atoms with Crippen LogP contribution in [0.5, 0.6) is 0 Å². The molecule has 3 saturated carbocycles. The Labute approximate surface area is 185 Å². The lowest BCUT2D eigenvalue weighted by Gasteiger charge is -2.58. The van der Waals surface area contributed by atoms with Crippen molar-refractivity contribution in [1.29, 1.82) is 0 Å².